The molecule has 1 saturated carbocycles. The lowest BCUT2D eigenvalue weighted by Gasteiger charge is -2.39. The van der Waals surface area contributed by atoms with Gasteiger partial charge in [0.1, 0.15) is 17.4 Å². The van der Waals surface area contributed by atoms with E-state index in [1.165, 1.54) is 45.4 Å². The van der Waals surface area contributed by atoms with Crippen molar-refractivity contribution >= 4 is 58.9 Å². The zero-order chi connectivity index (χ0) is 47.8. The van der Waals surface area contributed by atoms with Crippen molar-refractivity contribution in [1.82, 2.24) is 30.2 Å². The first kappa shape index (κ1) is 48.0. The Morgan fingerprint density at radius 1 is 0.985 bits per heavy atom. The molecule has 1 fully saturated rings. The number of aryl methyl sites for hydroxylation is 2. The van der Waals surface area contributed by atoms with Gasteiger partial charge in [0.05, 0.1) is 26.9 Å². The second kappa shape index (κ2) is 19.8. The van der Waals surface area contributed by atoms with Gasteiger partial charge in [-0.3, -0.25) is 4.79 Å². The summed E-state index contributed by atoms with van der Waals surface area (Å²) in [5, 5.41) is 38.6. The van der Waals surface area contributed by atoms with E-state index < -0.39 is 19.9 Å². The van der Waals surface area contributed by atoms with Crippen LogP contribution in [-0.2, 0) is 45.5 Å². The number of ether oxygens (including phenoxy) is 1. The van der Waals surface area contributed by atoms with Gasteiger partial charge in [-0.1, -0.05) is 68.4 Å². The van der Waals surface area contributed by atoms with Crippen molar-refractivity contribution in [3.8, 4) is 16.2 Å². The molecule has 2 aliphatic rings. The summed E-state index contributed by atoms with van der Waals surface area (Å²) in [7, 11) is -0.0407. The van der Waals surface area contributed by atoms with Crippen LogP contribution >= 0.6 is 22.7 Å². The monoisotopic (exact) mass is 972 g/mol. The average molecular weight is 973 g/mol. The Labute approximate surface area is 407 Å². The van der Waals surface area contributed by atoms with E-state index in [1.54, 1.807) is 12.1 Å². The molecule has 0 aliphatic heterocycles. The van der Waals surface area contributed by atoms with Crippen LogP contribution in [0.5, 0.6) is 5.75 Å². The van der Waals surface area contributed by atoms with E-state index >= 15 is 0 Å². The van der Waals surface area contributed by atoms with Crippen LogP contribution in [0.3, 0.4) is 0 Å². The lowest BCUT2D eigenvalue weighted by molar-refractivity contribution is -0.169. The van der Waals surface area contributed by atoms with Gasteiger partial charge < -0.3 is 34.6 Å². The number of hydrogen-bond donors (Lipinski definition) is 4. The first-order chi connectivity index (χ1) is 32.6. The molecule has 0 saturated heterocycles. The molecular formula is C53H64N6O6S2Si. The highest BCUT2D eigenvalue weighted by Gasteiger charge is 2.46. The molecular weight excluding hydrogens is 909 g/mol. The summed E-state index contributed by atoms with van der Waals surface area (Å²) in [5.41, 5.74) is 6.34. The number of phenols is 1. The number of nitrogens with zero attached hydrogens (tertiary/aromatic N) is 4. The molecule has 12 nitrogen and oxygen atoms in total. The maximum atomic E-state index is 14.0. The van der Waals surface area contributed by atoms with Gasteiger partial charge in [-0.15, -0.1) is 27.8 Å². The Balaban J connectivity index is 0.811. The van der Waals surface area contributed by atoms with Crippen LogP contribution < -0.4 is 10.9 Å². The fourth-order valence-corrected chi connectivity index (χ4v) is 13.1. The third-order valence-electron chi connectivity index (χ3n) is 14.7. The average Bonchev–Trinajstić information content (AvgIpc) is 4.17. The van der Waals surface area contributed by atoms with E-state index in [2.05, 4.69) is 66.9 Å². The van der Waals surface area contributed by atoms with E-state index in [9.17, 15) is 19.8 Å². The van der Waals surface area contributed by atoms with Crippen molar-refractivity contribution in [3.63, 3.8) is 0 Å². The molecule has 358 valence electrons. The molecule has 4 N–H and O–H groups in total. The molecule has 0 radical (unpaired) electrons. The molecule has 15 heteroatoms. The number of carbonyl (C=O) groups is 1. The highest BCUT2D eigenvalue weighted by Crippen LogP contribution is 2.43. The number of esters is 1. The SMILES string of the molecule is CN(CCCn1nnc2cc(CNCC(O[Si](C)(C)C(C)(C)C)c3ccc(O)c4[nH]c(=O)ccc34)c3c(c21)CCC3)C1CCC(OC(=O)[C@@](O)(c2cccs2)c2ccc(-c3ccccc3)s2)CC1. The smallest absolute Gasteiger partial charge is 0.349 e. The number of thiophene rings is 2. The Bertz CT molecular complexity index is 2940. The van der Waals surface area contributed by atoms with Gasteiger partial charge in [0, 0.05) is 42.0 Å². The van der Waals surface area contributed by atoms with Gasteiger partial charge in [-0.2, -0.15) is 0 Å². The molecule has 3 aromatic carbocycles. The second-order valence-corrected chi connectivity index (χ2v) is 27.0. The number of phenolic OH excluding ortho intramolecular Hbond substituents is 1. The van der Waals surface area contributed by atoms with E-state index in [-0.39, 0.29) is 28.6 Å². The number of nitrogens with one attached hydrogen (secondary N) is 2. The van der Waals surface area contributed by atoms with Crippen molar-refractivity contribution in [2.75, 3.05) is 20.1 Å². The maximum Gasteiger partial charge on any atom is 0.349 e. The molecule has 4 aromatic heterocycles. The Morgan fingerprint density at radius 3 is 2.51 bits per heavy atom. The predicted octanol–water partition coefficient (Wildman–Crippen LogP) is 10.2. The normalized spacial score (nSPS) is 18.0. The Kier molecular flexibility index (Phi) is 14.0. The molecule has 7 aromatic rings. The molecule has 0 bridgehead atoms. The summed E-state index contributed by atoms with van der Waals surface area (Å²) >= 11 is 2.79. The van der Waals surface area contributed by atoms with Crippen molar-refractivity contribution in [1.29, 1.82) is 0 Å². The number of carbonyl (C=O) groups excluding carboxylic acids is 1. The fourth-order valence-electron chi connectivity index (χ4n) is 9.87. The molecule has 1 unspecified atom stereocenters. The van der Waals surface area contributed by atoms with Crippen molar-refractivity contribution in [2.24, 2.45) is 0 Å². The number of rotatable bonds is 17. The van der Waals surface area contributed by atoms with Crippen LogP contribution in [0.25, 0.3) is 32.4 Å². The summed E-state index contributed by atoms with van der Waals surface area (Å²) in [5.74, 6) is -0.563. The molecule has 0 spiro atoms. The number of aromatic hydroxyl groups is 1. The number of aromatic nitrogens is 4. The predicted molar refractivity (Wildman–Crippen MR) is 275 cm³/mol. The maximum absolute atomic E-state index is 14.0. The topological polar surface area (TPSA) is 155 Å². The minimum atomic E-state index is -2.23. The third kappa shape index (κ3) is 9.76. The number of pyridine rings is 1. The standard InChI is InChI=1S/C53H64N6O6S2Si/c1-52(2,3)68(5,6)65-44(39-22-24-43(60)49-40(39)23-27-48(61)55-49)33-54-32-35-31-42-50(41-16-10-15-38(35)41)59(57-56-42)29-12-28-58(4)36-18-20-37(21-19-36)64-51(62)53(63,46-17-11-30-66-46)47-26-25-45(67-47)34-13-8-7-9-14-34/h7-9,11,13-14,17,22-27,30-31,36-37,44,54,60,63H,10,12,15-16,18-21,28-29,32-33H2,1-6H3,(H,55,61)/t36?,37?,44?,53-/m1/s1. The molecule has 2 aliphatic carbocycles. The van der Waals surface area contributed by atoms with Gasteiger partial charge in [0.25, 0.3) is 0 Å². The number of benzene rings is 3. The number of aromatic amines is 1. The second-order valence-electron chi connectivity index (χ2n) is 20.2. The third-order valence-corrected chi connectivity index (χ3v) is 21.4. The number of aliphatic hydroxyl groups is 1. The van der Waals surface area contributed by atoms with E-state index in [0.717, 1.165) is 96.9 Å². The van der Waals surface area contributed by atoms with Crippen LogP contribution in [-0.4, -0.2) is 81.7 Å². The minimum absolute atomic E-state index is 0.0163. The zero-order valence-electron chi connectivity index (χ0n) is 40.0. The van der Waals surface area contributed by atoms with Crippen molar-refractivity contribution in [2.45, 2.75) is 127 Å². The number of hydrogen-bond acceptors (Lipinski definition) is 12. The lowest BCUT2D eigenvalue weighted by atomic mass is 9.91. The molecule has 0 amide bonds. The van der Waals surface area contributed by atoms with Crippen molar-refractivity contribution < 1.29 is 24.2 Å². The number of fused-ring (bicyclic) bond motifs is 4. The first-order valence-electron chi connectivity index (χ1n) is 24.0. The van der Waals surface area contributed by atoms with Crippen LogP contribution in [0.15, 0.2) is 95.1 Å². The number of H-pyrrole nitrogens is 1. The van der Waals surface area contributed by atoms with Crippen LogP contribution in [0.2, 0.25) is 18.1 Å². The molecule has 4 heterocycles. The quantitative estimate of drug-likeness (QED) is 0.0512. The van der Waals surface area contributed by atoms with E-state index in [4.69, 9.17) is 19.5 Å². The molecule has 2 atom stereocenters. The summed E-state index contributed by atoms with van der Waals surface area (Å²) in [6.07, 6.45) is 6.81. The minimum Gasteiger partial charge on any atom is -0.506 e. The Hall–Kier alpha value is -5.00. The highest BCUT2D eigenvalue weighted by atomic mass is 32.1. The van der Waals surface area contributed by atoms with Crippen LogP contribution in [0.1, 0.15) is 97.4 Å². The van der Waals surface area contributed by atoms with Gasteiger partial charge in [-0.25, -0.2) is 9.48 Å². The highest BCUT2D eigenvalue weighted by molar-refractivity contribution is 7.16. The van der Waals surface area contributed by atoms with Gasteiger partial charge in [0.2, 0.25) is 11.2 Å². The van der Waals surface area contributed by atoms with Crippen LogP contribution in [0, 0.1) is 0 Å². The summed E-state index contributed by atoms with van der Waals surface area (Å²) in [4.78, 5) is 33.6. The summed E-state index contributed by atoms with van der Waals surface area (Å²) in [6.45, 7) is 14.1. The van der Waals surface area contributed by atoms with E-state index in [1.807, 2.05) is 66.0 Å². The van der Waals surface area contributed by atoms with E-state index in [0.29, 0.717) is 34.4 Å². The van der Waals surface area contributed by atoms with Crippen LogP contribution in [0.4, 0.5) is 0 Å². The van der Waals surface area contributed by atoms with Gasteiger partial charge >= 0.3 is 5.97 Å². The largest absolute Gasteiger partial charge is 0.506 e. The first-order valence-corrected chi connectivity index (χ1v) is 28.6. The molecule has 9 rings (SSSR count). The summed E-state index contributed by atoms with van der Waals surface area (Å²) in [6, 6.07) is 26.9. The Morgan fingerprint density at radius 2 is 1.76 bits per heavy atom. The van der Waals surface area contributed by atoms with Gasteiger partial charge in [0.15, 0.2) is 8.32 Å². The van der Waals surface area contributed by atoms with Crippen molar-refractivity contribution in [3.05, 3.63) is 133 Å². The zero-order valence-corrected chi connectivity index (χ0v) is 42.6. The fraction of sp³-hybridized carbons (Fsp3) is 0.434. The van der Waals surface area contributed by atoms with Gasteiger partial charge in [-0.05, 0) is 153 Å². The lowest BCUT2D eigenvalue weighted by Crippen LogP contribution is -2.43. The summed E-state index contributed by atoms with van der Waals surface area (Å²) < 4.78 is 15.3. The molecule has 68 heavy (non-hydrogen) atoms.